The highest BCUT2D eigenvalue weighted by Gasteiger charge is 2.28. The maximum absolute atomic E-state index is 11.4. The Kier molecular flexibility index (Phi) is 7.57. The van der Waals surface area contributed by atoms with Crippen molar-refractivity contribution in [3.8, 4) is 5.75 Å². The van der Waals surface area contributed by atoms with Crippen LogP contribution in [0.4, 0.5) is 0 Å². The Morgan fingerprint density at radius 1 is 0.821 bits per heavy atom. The molecule has 0 spiro atoms. The van der Waals surface area contributed by atoms with E-state index in [1.54, 1.807) is 6.92 Å². The summed E-state index contributed by atoms with van der Waals surface area (Å²) in [6.07, 6.45) is 0. The number of rotatable bonds is 8. The van der Waals surface area contributed by atoms with Crippen molar-refractivity contribution in [2.24, 2.45) is 0 Å². The van der Waals surface area contributed by atoms with E-state index in [1.165, 1.54) is 14.7 Å². The number of hydrogen-bond donors (Lipinski definition) is 0. The van der Waals surface area contributed by atoms with Crippen LogP contribution in [-0.4, -0.2) is 24.0 Å². The minimum Gasteiger partial charge on any atom is -0.490 e. The van der Waals surface area contributed by atoms with Gasteiger partial charge in [0.1, 0.15) is 23.8 Å². The van der Waals surface area contributed by atoms with Crippen molar-refractivity contribution in [2.75, 3.05) is 13.2 Å². The topological polar surface area (TPSA) is 35.5 Å². The highest BCUT2D eigenvalue weighted by Crippen LogP contribution is 2.31. The van der Waals surface area contributed by atoms with Crippen LogP contribution in [0.15, 0.2) is 99.6 Å². The zero-order valence-electron chi connectivity index (χ0n) is 15.6. The highest BCUT2D eigenvalue weighted by atomic mass is 79.9. The van der Waals surface area contributed by atoms with Crippen molar-refractivity contribution in [2.45, 2.75) is 26.4 Å². The lowest BCUT2D eigenvalue weighted by Gasteiger charge is -2.10. The first kappa shape index (κ1) is 20.5. The molecule has 0 fully saturated rings. The molecule has 0 saturated carbocycles. The van der Waals surface area contributed by atoms with E-state index in [0.29, 0.717) is 6.61 Å². The summed E-state index contributed by atoms with van der Waals surface area (Å²) in [5.41, 5.74) is 0. The molecule has 0 aliphatic carbocycles. The molecule has 0 aliphatic rings. The lowest BCUT2D eigenvalue weighted by atomic mass is 10.3. The summed E-state index contributed by atoms with van der Waals surface area (Å²) >= 11 is 3.18. The molecule has 28 heavy (non-hydrogen) atoms. The number of esters is 1. The van der Waals surface area contributed by atoms with Gasteiger partial charge in [-0.3, -0.25) is 4.79 Å². The molecule has 0 radical (unpaired) electrons. The average Bonchev–Trinajstić information content (AvgIpc) is 2.74. The van der Waals surface area contributed by atoms with Gasteiger partial charge in [-0.05, 0) is 55.5 Å². The maximum Gasteiger partial charge on any atom is 0.319 e. The smallest absolute Gasteiger partial charge is 0.319 e. The first-order valence-corrected chi connectivity index (χ1v) is 11.2. The number of ether oxygens (including phenoxy) is 2. The van der Waals surface area contributed by atoms with Crippen molar-refractivity contribution in [3.63, 3.8) is 0 Å². The largest absolute Gasteiger partial charge is 0.490 e. The van der Waals surface area contributed by atoms with Gasteiger partial charge in [0.2, 0.25) is 0 Å². The van der Waals surface area contributed by atoms with E-state index >= 15 is 0 Å². The second kappa shape index (κ2) is 10.3. The maximum atomic E-state index is 11.4. The summed E-state index contributed by atoms with van der Waals surface area (Å²) in [5, 5.41) is 0. The second-order valence-electron chi connectivity index (χ2n) is 6.04. The predicted molar refractivity (Wildman–Crippen MR) is 116 cm³/mol. The fourth-order valence-corrected chi connectivity index (χ4v) is 4.83. The minimum atomic E-state index is -0.305. The fourth-order valence-electron chi connectivity index (χ4n) is 2.61. The number of alkyl halides is 1. The van der Waals surface area contributed by atoms with Crippen molar-refractivity contribution in [1.82, 2.24) is 0 Å². The van der Waals surface area contributed by atoms with Crippen molar-refractivity contribution in [3.05, 3.63) is 84.9 Å². The van der Waals surface area contributed by atoms with Gasteiger partial charge < -0.3 is 9.47 Å². The SMILES string of the molecule is CC(Br)C(=O)OCCOc1ccc([S+](c2ccccc2)c2ccccc2)cc1. The van der Waals surface area contributed by atoms with Crippen molar-refractivity contribution < 1.29 is 14.3 Å². The van der Waals surface area contributed by atoms with E-state index in [9.17, 15) is 4.79 Å². The molecule has 0 saturated heterocycles. The predicted octanol–water partition coefficient (Wildman–Crippen LogP) is 5.49. The molecule has 3 aromatic carbocycles. The van der Waals surface area contributed by atoms with Gasteiger partial charge in [0.05, 0.1) is 10.9 Å². The molecule has 0 bridgehead atoms. The third-order valence-corrected chi connectivity index (χ3v) is 6.54. The van der Waals surface area contributed by atoms with E-state index < -0.39 is 0 Å². The molecular weight excluding hydrogens is 436 g/mol. The summed E-state index contributed by atoms with van der Waals surface area (Å²) in [7, 11) is -0.172. The van der Waals surface area contributed by atoms with E-state index in [1.807, 2.05) is 24.3 Å². The molecule has 1 atom stereocenters. The van der Waals surface area contributed by atoms with Gasteiger partial charge in [0.15, 0.2) is 14.7 Å². The Labute approximate surface area is 177 Å². The summed E-state index contributed by atoms with van der Waals surface area (Å²) in [6, 6.07) is 29.2. The van der Waals surface area contributed by atoms with Crippen LogP contribution in [0, 0.1) is 0 Å². The van der Waals surface area contributed by atoms with Gasteiger partial charge in [0, 0.05) is 0 Å². The van der Waals surface area contributed by atoms with E-state index in [2.05, 4.69) is 76.6 Å². The first-order valence-electron chi connectivity index (χ1n) is 9.03. The third-order valence-electron chi connectivity index (χ3n) is 3.94. The summed E-state index contributed by atoms with van der Waals surface area (Å²) < 4.78 is 10.8. The van der Waals surface area contributed by atoms with Gasteiger partial charge >= 0.3 is 5.97 Å². The van der Waals surface area contributed by atoms with Gasteiger partial charge in [-0.25, -0.2) is 0 Å². The molecule has 0 aromatic heterocycles. The van der Waals surface area contributed by atoms with E-state index in [4.69, 9.17) is 9.47 Å². The molecule has 0 amide bonds. The Morgan fingerprint density at radius 3 is 1.82 bits per heavy atom. The van der Waals surface area contributed by atoms with Crippen LogP contribution in [0.5, 0.6) is 5.75 Å². The quantitative estimate of drug-likeness (QED) is 0.194. The average molecular weight is 458 g/mol. The molecule has 3 rings (SSSR count). The Hall–Kier alpha value is -2.24. The normalized spacial score (nSPS) is 11.8. The van der Waals surface area contributed by atoms with Gasteiger partial charge in [-0.15, -0.1) is 0 Å². The van der Waals surface area contributed by atoms with Crippen LogP contribution in [0.25, 0.3) is 0 Å². The van der Waals surface area contributed by atoms with Gasteiger partial charge in [-0.2, -0.15) is 0 Å². The Balaban J connectivity index is 1.70. The minimum absolute atomic E-state index is 0.172. The molecule has 144 valence electrons. The first-order chi connectivity index (χ1) is 13.6. The number of halogens is 1. The molecule has 0 heterocycles. The molecule has 3 nitrogen and oxygen atoms in total. The summed E-state index contributed by atoms with van der Waals surface area (Å²) in [6.45, 7) is 2.29. The summed E-state index contributed by atoms with van der Waals surface area (Å²) in [4.78, 5) is 14.9. The van der Waals surface area contributed by atoms with Crippen LogP contribution in [0.3, 0.4) is 0 Å². The van der Waals surface area contributed by atoms with Crippen LogP contribution in [0.1, 0.15) is 6.92 Å². The molecule has 3 aromatic rings. The van der Waals surface area contributed by atoms with Crippen molar-refractivity contribution in [1.29, 1.82) is 0 Å². The van der Waals surface area contributed by atoms with Crippen LogP contribution in [-0.2, 0) is 20.4 Å². The third kappa shape index (κ3) is 5.63. The lowest BCUT2D eigenvalue weighted by Crippen LogP contribution is -2.17. The fraction of sp³-hybridized carbons (Fsp3) is 0.174. The Morgan fingerprint density at radius 2 is 1.32 bits per heavy atom. The highest BCUT2D eigenvalue weighted by molar-refractivity contribution is 9.10. The number of hydrogen-bond acceptors (Lipinski definition) is 3. The summed E-state index contributed by atoms with van der Waals surface area (Å²) in [5.74, 6) is 0.477. The number of benzene rings is 3. The molecule has 5 heteroatoms. The molecule has 0 aliphatic heterocycles. The lowest BCUT2D eigenvalue weighted by molar-refractivity contribution is -0.143. The molecule has 0 N–H and O–H groups in total. The zero-order chi connectivity index (χ0) is 19.8. The number of carbonyl (C=O) groups excluding carboxylic acids is 1. The second-order valence-corrected chi connectivity index (χ2v) is 9.44. The number of carbonyl (C=O) groups is 1. The Bertz CT molecular complexity index is 828. The van der Waals surface area contributed by atoms with Gasteiger partial charge in [0.25, 0.3) is 0 Å². The van der Waals surface area contributed by atoms with Gasteiger partial charge in [-0.1, -0.05) is 52.3 Å². The molecular formula is C23H22BrO3S+. The van der Waals surface area contributed by atoms with Crippen molar-refractivity contribution >= 4 is 32.8 Å². The standard InChI is InChI=1S/C23H22BrO3S/c1-18(24)23(25)27-17-16-26-19-12-14-22(15-13-19)28(20-8-4-2-5-9-20)21-10-6-3-7-11-21/h2-15,18H,16-17H2,1H3/q+1. The monoisotopic (exact) mass is 457 g/mol. The molecule has 1 unspecified atom stereocenters. The van der Waals surface area contributed by atoms with Crippen LogP contribution < -0.4 is 4.74 Å². The van der Waals surface area contributed by atoms with Crippen LogP contribution in [0.2, 0.25) is 0 Å². The van der Waals surface area contributed by atoms with E-state index in [0.717, 1.165) is 5.75 Å². The van der Waals surface area contributed by atoms with E-state index in [-0.39, 0.29) is 28.3 Å². The zero-order valence-corrected chi connectivity index (χ0v) is 18.0. The van der Waals surface area contributed by atoms with Crippen LogP contribution >= 0.6 is 15.9 Å².